The zero-order valence-electron chi connectivity index (χ0n) is 10.7. The van der Waals surface area contributed by atoms with Crippen LogP contribution in [-0.4, -0.2) is 38.6 Å². The van der Waals surface area contributed by atoms with E-state index in [1.54, 1.807) is 6.20 Å². The maximum Gasteiger partial charge on any atom is 0.202 e. The first-order chi connectivity index (χ1) is 8.79. The van der Waals surface area contributed by atoms with Crippen LogP contribution in [0.3, 0.4) is 0 Å². The summed E-state index contributed by atoms with van der Waals surface area (Å²) >= 11 is 0. The number of likely N-dealkylation sites (N-methyl/N-ethyl adjacent to an activating group) is 1. The van der Waals surface area contributed by atoms with E-state index in [2.05, 4.69) is 21.8 Å². The number of hydrogen-bond donors (Lipinski definition) is 1. The van der Waals surface area contributed by atoms with Crippen molar-refractivity contribution in [3.8, 4) is 0 Å². The lowest BCUT2D eigenvalue weighted by Crippen LogP contribution is -2.29. The summed E-state index contributed by atoms with van der Waals surface area (Å²) in [7, 11) is 0. The SMILES string of the molecule is CCN(CCn1c(N)nc2cccnc21)C1CC1. The van der Waals surface area contributed by atoms with Crippen molar-refractivity contribution in [2.24, 2.45) is 0 Å². The lowest BCUT2D eigenvalue weighted by Gasteiger charge is -2.20. The highest BCUT2D eigenvalue weighted by molar-refractivity contribution is 5.73. The van der Waals surface area contributed by atoms with Gasteiger partial charge in [-0.1, -0.05) is 6.92 Å². The summed E-state index contributed by atoms with van der Waals surface area (Å²) in [5, 5.41) is 0. The molecule has 0 spiro atoms. The average Bonchev–Trinajstić information content (AvgIpc) is 3.15. The number of pyridine rings is 1. The molecule has 0 unspecified atom stereocenters. The molecule has 5 nitrogen and oxygen atoms in total. The van der Waals surface area contributed by atoms with E-state index in [0.29, 0.717) is 5.95 Å². The van der Waals surface area contributed by atoms with Crippen molar-refractivity contribution in [2.75, 3.05) is 18.8 Å². The number of anilines is 1. The molecular formula is C13H19N5. The van der Waals surface area contributed by atoms with Crippen molar-refractivity contribution in [1.29, 1.82) is 0 Å². The Labute approximate surface area is 107 Å². The zero-order valence-corrected chi connectivity index (χ0v) is 10.7. The summed E-state index contributed by atoms with van der Waals surface area (Å²) in [5.41, 5.74) is 7.74. The van der Waals surface area contributed by atoms with Gasteiger partial charge in [-0.05, 0) is 31.5 Å². The van der Waals surface area contributed by atoms with Gasteiger partial charge in [0.05, 0.1) is 0 Å². The molecule has 0 radical (unpaired) electrons. The second-order valence-corrected chi connectivity index (χ2v) is 4.83. The normalized spacial score (nSPS) is 15.7. The van der Waals surface area contributed by atoms with E-state index < -0.39 is 0 Å². The quantitative estimate of drug-likeness (QED) is 0.867. The Hall–Kier alpha value is -1.62. The molecule has 5 heteroatoms. The molecular weight excluding hydrogens is 226 g/mol. The van der Waals surface area contributed by atoms with E-state index in [0.717, 1.165) is 36.8 Å². The maximum atomic E-state index is 5.97. The van der Waals surface area contributed by atoms with Crippen molar-refractivity contribution in [3.63, 3.8) is 0 Å². The van der Waals surface area contributed by atoms with Gasteiger partial charge in [-0.25, -0.2) is 9.97 Å². The standard InChI is InChI=1S/C13H19N5/c1-2-17(10-5-6-10)8-9-18-12-11(16-13(18)14)4-3-7-15-12/h3-4,7,10H,2,5-6,8-9H2,1H3,(H2,14,16). The number of nitrogens with two attached hydrogens (primary N) is 1. The zero-order chi connectivity index (χ0) is 12.5. The van der Waals surface area contributed by atoms with Gasteiger partial charge in [-0.15, -0.1) is 0 Å². The minimum atomic E-state index is 0.565. The largest absolute Gasteiger partial charge is 0.369 e. The van der Waals surface area contributed by atoms with Gasteiger partial charge in [0, 0.05) is 25.3 Å². The summed E-state index contributed by atoms with van der Waals surface area (Å²) in [6.07, 6.45) is 4.47. The summed E-state index contributed by atoms with van der Waals surface area (Å²) < 4.78 is 2.01. The van der Waals surface area contributed by atoms with Crippen LogP contribution in [0, 0.1) is 0 Å². The first-order valence-corrected chi connectivity index (χ1v) is 6.60. The molecule has 0 aliphatic heterocycles. The van der Waals surface area contributed by atoms with E-state index in [1.165, 1.54) is 12.8 Å². The Bertz CT molecular complexity index is 543. The summed E-state index contributed by atoms with van der Waals surface area (Å²) in [6.45, 7) is 5.20. The first-order valence-electron chi connectivity index (χ1n) is 6.60. The number of imidazole rings is 1. The van der Waals surface area contributed by atoms with Crippen LogP contribution in [0.5, 0.6) is 0 Å². The van der Waals surface area contributed by atoms with E-state index in [1.807, 2.05) is 16.7 Å². The lowest BCUT2D eigenvalue weighted by molar-refractivity contribution is 0.267. The van der Waals surface area contributed by atoms with Crippen LogP contribution < -0.4 is 5.73 Å². The minimum absolute atomic E-state index is 0.565. The molecule has 2 N–H and O–H groups in total. The van der Waals surface area contributed by atoms with Crippen LogP contribution in [0.25, 0.3) is 11.2 Å². The van der Waals surface area contributed by atoms with Gasteiger partial charge in [0.15, 0.2) is 5.65 Å². The third-order valence-electron chi connectivity index (χ3n) is 3.61. The van der Waals surface area contributed by atoms with Gasteiger partial charge in [-0.3, -0.25) is 9.47 Å². The highest BCUT2D eigenvalue weighted by Crippen LogP contribution is 2.26. The maximum absolute atomic E-state index is 5.97. The van der Waals surface area contributed by atoms with Crippen molar-refractivity contribution in [2.45, 2.75) is 32.4 Å². The predicted molar refractivity (Wildman–Crippen MR) is 72.2 cm³/mol. The Morgan fingerprint density at radius 1 is 1.50 bits per heavy atom. The average molecular weight is 245 g/mol. The van der Waals surface area contributed by atoms with E-state index in [4.69, 9.17) is 5.73 Å². The predicted octanol–water partition coefficient (Wildman–Crippen LogP) is 1.50. The Kier molecular flexibility index (Phi) is 2.91. The number of aromatic nitrogens is 3. The minimum Gasteiger partial charge on any atom is -0.369 e. The first kappa shape index (κ1) is 11.5. The van der Waals surface area contributed by atoms with Gasteiger partial charge in [-0.2, -0.15) is 0 Å². The molecule has 0 aromatic carbocycles. The number of fused-ring (bicyclic) bond motifs is 1. The van der Waals surface area contributed by atoms with Crippen LogP contribution >= 0.6 is 0 Å². The fraction of sp³-hybridized carbons (Fsp3) is 0.538. The molecule has 0 amide bonds. The van der Waals surface area contributed by atoms with Crippen LogP contribution in [0.2, 0.25) is 0 Å². The highest BCUT2D eigenvalue weighted by Gasteiger charge is 2.27. The Balaban J connectivity index is 1.79. The van der Waals surface area contributed by atoms with E-state index in [9.17, 15) is 0 Å². The van der Waals surface area contributed by atoms with Crippen LogP contribution in [0.15, 0.2) is 18.3 Å². The third kappa shape index (κ3) is 2.06. The van der Waals surface area contributed by atoms with Crippen molar-refractivity contribution < 1.29 is 0 Å². The number of rotatable bonds is 5. The van der Waals surface area contributed by atoms with E-state index in [-0.39, 0.29) is 0 Å². The topological polar surface area (TPSA) is 60.0 Å². The van der Waals surface area contributed by atoms with E-state index >= 15 is 0 Å². The van der Waals surface area contributed by atoms with Gasteiger partial charge in [0.1, 0.15) is 5.52 Å². The lowest BCUT2D eigenvalue weighted by atomic mass is 10.4. The smallest absolute Gasteiger partial charge is 0.202 e. The Morgan fingerprint density at radius 2 is 2.33 bits per heavy atom. The molecule has 96 valence electrons. The molecule has 0 bridgehead atoms. The van der Waals surface area contributed by atoms with Gasteiger partial charge < -0.3 is 5.73 Å². The summed E-state index contributed by atoms with van der Waals surface area (Å²) in [6, 6.07) is 4.63. The monoisotopic (exact) mass is 245 g/mol. The van der Waals surface area contributed by atoms with Gasteiger partial charge >= 0.3 is 0 Å². The van der Waals surface area contributed by atoms with Gasteiger partial charge in [0.25, 0.3) is 0 Å². The van der Waals surface area contributed by atoms with Crippen molar-refractivity contribution >= 4 is 17.1 Å². The fourth-order valence-corrected chi connectivity index (χ4v) is 2.46. The molecule has 0 atom stereocenters. The molecule has 1 fully saturated rings. The Morgan fingerprint density at radius 3 is 3.06 bits per heavy atom. The molecule has 0 saturated heterocycles. The molecule has 18 heavy (non-hydrogen) atoms. The second kappa shape index (κ2) is 4.57. The van der Waals surface area contributed by atoms with Crippen LogP contribution in [0.1, 0.15) is 19.8 Å². The molecule has 2 aromatic heterocycles. The molecule has 3 rings (SSSR count). The molecule has 1 aliphatic carbocycles. The van der Waals surface area contributed by atoms with Crippen molar-refractivity contribution in [1.82, 2.24) is 19.4 Å². The number of nitrogen functional groups attached to an aromatic ring is 1. The third-order valence-corrected chi connectivity index (χ3v) is 3.61. The summed E-state index contributed by atoms with van der Waals surface area (Å²) in [5.74, 6) is 0.565. The molecule has 2 aromatic rings. The fourth-order valence-electron chi connectivity index (χ4n) is 2.46. The summed E-state index contributed by atoms with van der Waals surface area (Å²) in [4.78, 5) is 11.2. The second-order valence-electron chi connectivity index (χ2n) is 4.83. The van der Waals surface area contributed by atoms with Crippen LogP contribution in [0.4, 0.5) is 5.95 Å². The highest BCUT2D eigenvalue weighted by atomic mass is 15.2. The van der Waals surface area contributed by atoms with Crippen LogP contribution in [-0.2, 0) is 6.54 Å². The number of nitrogens with zero attached hydrogens (tertiary/aromatic N) is 4. The molecule has 1 aliphatic rings. The molecule has 1 saturated carbocycles. The molecule has 2 heterocycles. The van der Waals surface area contributed by atoms with Gasteiger partial charge in [0.2, 0.25) is 5.95 Å². The number of hydrogen-bond acceptors (Lipinski definition) is 4. The van der Waals surface area contributed by atoms with Crippen molar-refractivity contribution in [3.05, 3.63) is 18.3 Å².